The number of amides is 2. The maximum Gasteiger partial charge on any atom is 0.305 e. The van der Waals surface area contributed by atoms with Crippen molar-refractivity contribution in [3.8, 4) is 0 Å². The van der Waals surface area contributed by atoms with Gasteiger partial charge in [-0.05, 0) is 12.5 Å². The monoisotopic (exact) mass is 413 g/mol. The summed E-state index contributed by atoms with van der Waals surface area (Å²) in [7, 11) is 0. The molecule has 1 aromatic carbocycles. The van der Waals surface area contributed by atoms with Crippen LogP contribution in [-0.2, 0) is 14.4 Å². The fourth-order valence-corrected chi connectivity index (χ4v) is 2.50. The van der Waals surface area contributed by atoms with Crippen molar-refractivity contribution in [3.05, 3.63) is 35.9 Å². The Labute approximate surface area is 167 Å². The summed E-state index contributed by atoms with van der Waals surface area (Å²) >= 11 is 0. The smallest absolute Gasteiger partial charge is 0.305 e. The number of carboxylic acids is 1. The van der Waals surface area contributed by atoms with Gasteiger partial charge in [-0.3, -0.25) is 14.4 Å². The molecule has 0 fully saturated rings. The molecule has 0 saturated heterocycles. The van der Waals surface area contributed by atoms with Gasteiger partial charge < -0.3 is 41.9 Å². The van der Waals surface area contributed by atoms with Crippen LogP contribution in [0.15, 0.2) is 30.3 Å². The summed E-state index contributed by atoms with van der Waals surface area (Å²) in [4.78, 5) is 35.0. The minimum atomic E-state index is -2.16. The van der Waals surface area contributed by atoms with Crippen molar-refractivity contribution >= 4 is 17.8 Å². The Hall–Kier alpha value is -2.57. The molecule has 6 atom stereocenters. The summed E-state index contributed by atoms with van der Waals surface area (Å²) in [5.74, 6) is -3.06. The van der Waals surface area contributed by atoms with Gasteiger partial charge in [0.2, 0.25) is 5.91 Å². The van der Waals surface area contributed by atoms with Gasteiger partial charge in [-0.2, -0.15) is 0 Å². The molecule has 0 bridgehead atoms. The number of hydrogen-bond acceptors (Lipinski definition) is 8. The zero-order valence-electron chi connectivity index (χ0n) is 15.8. The van der Waals surface area contributed by atoms with Crippen molar-refractivity contribution < 1.29 is 39.9 Å². The first-order chi connectivity index (χ1) is 13.6. The SMILES string of the molecule is C[C@H](N)C(=O)N[C@@H](CO)[C@@H](O)[C@@H](O)[C@H](O)C(=O)N[C@@H](CC(=O)O)c1ccccc1. The molecule has 0 aromatic heterocycles. The van der Waals surface area contributed by atoms with Gasteiger partial charge in [-0.15, -0.1) is 0 Å². The molecule has 1 rings (SSSR count). The van der Waals surface area contributed by atoms with E-state index < -0.39 is 67.2 Å². The van der Waals surface area contributed by atoms with E-state index in [0.29, 0.717) is 5.56 Å². The number of aliphatic hydroxyl groups is 4. The van der Waals surface area contributed by atoms with Gasteiger partial charge >= 0.3 is 5.97 Å². The largest absolute Gasteiger partial charge is 0.481 e. The highest BCUT2D eigenvalue weighted by Crippen LogP contribution is 2.17. The molecule has 0 spiro atoms. The van der Waals surface area contributed by atoms with E-state index in [0.717, 1.165) is 0 Å². The van der Waals surface area contributed by atoms with E-state index in [1.165, 1.54) is 6.92 Å². The van der Waals surface area contributed by atoms with Crippen LogP contribution in [0.4, 0.5) is 0 Å². The van der Waals surface area contributed by atoms with Crippen LogP contribution in [0, 0.1) is 0 Å². The van der Waals surface area contributed by atoms with E-state index in [4.69, 9.17) is 10.8 Å². The van der Waals surface area contributed by atoms with Crippen LogP contribution in [0.1, 0.15) is 24.9 Å². The highest BCUT2D eigenvalue weighted by Gasteiger charge is 2.36. The van der Waals surface area contributed by atoms with E-state index in [2.05, 4.69) is 10.6 Å². The number of aliphatic hydroxyl groups excluding tert-OH is 4. The van der Waals surface area contributed by atoms with Crippen molar-refractivity contribution in [1.29, 1.82) is 0 Å². The number of carboxylic acid groups (broad SMARTS) is 1. The molecule has 29 heavy (non-hydrogen) atoms. The van der Waals surface area contributed by atoms with Gasteiger partial charge in [0.15, 0.2) is 6.10 Å². The molecule has 11 heteroatoms. The lowest BCUT2D eigenvalue weighted by atomic mass is 9.99. The maximum absolute atomic E-state index is 12.3. The van der Waals surface area contributed by atoms with Crippen LogP contribution < -0.4 is 16.4 Å². The van der Waals surface area contributed by atoms with Crippen LogP contribution >= 0.6 is 0 Å². The first-order valence-electron chi connectivity index (χ1n) is 8.86. The molecule has 0 saturated carbocycles. The number of carbonyl (C=O) groups excluding carboxylic acids is 2. The lowest BCUT2D eigenvalue weighted by Gasteiger charge is -2.29. The Morgan fingerprint density at radius 1 is 1.00 bits per heavy atom. The van der Waals surface area contributed by atoms with Gasteiger partial charge in [0.25, 0.3) is 5.91 Å². The van der Waals surface area contributed by atoms with Crippen LogP contribution in [0.5, 0.6) is 0 Å². The number of nitrogens with two attached hydrogens (primary N) is 1. The fourth-order valence-electron chi connectivity index (χ4n) is 2.50. The predicted molar refractivity (Wildman–Crippen MR) is 100 cm³/mol. The topological polar surface area (TPSA) is 202 Å². The van der Waals surface area contributed by atoms with Crippen molar-refractivity contribution in [1.82, 2.24) is 10.6 Å². The van der Waals surface area contributed by atoms with Gasteiger partial charge in [0, 0.05) is 0 Å². The first-order valence-corrected chi connectivity index (χ1v) is 8.86. The van der Waals surface area contributed by atoms with Crippen molar-refractivity contribution in [2.24, 2.45) is 5.73 Å². The van der Waals surface area contributed by atoms with E-state index >= 15 is 0 Å². The van der Waals surface area contributed by atoms with E-state index in [1.807, 2.05) is 0 Å². The second-order valence-electron chi connectivity index (χ2n) is 6.58. The number of rotatable bonds is 11. The van der Waals surface area contributed by atoms with Crippen LogP contribution in [-0.4, -0.2) is 80.3 Å². The quantitative estimate of drug-likeness (QED) is 0.189. The number of benzene rings is 1. The third-order valence-electron chi connectivity index (χ3n) is 4.19. The van der Waals surface area contributed by atoms with Crippen molar-refractivity contribution in [3.63, 3.8) is 0 Å². The molecule has 0 heterocycles. The van der Waals surface area contributed by atoms with E-state index in [-0.39, 0.29) is 0 Å². The summed E-state index contributed by atoms with van der Waals surface area (Å²) in [5, 5.41) is 53.2. The molecule has 11 nitrogen and oxygen atoms in total. The van der Waals surface area contributed by atoms with Crippen LogP contribution in [0.2, 0.25) is 0 Å². The fraction of sp³-hybridized carbons (Fsp3) is 0.500. The molecular weight excluding hydrogens is 386 g/mol. The van der Waals surface area contributed by atoms with Crippen molar-refractivity contribution in [2.45, 2.75) is 49.8 Å². The molecule has 0 aliphatic rings. The molecule has 0 unspecified atom stereocenters. The van der Waals surface area contributed by atoms with Crippen molar-refractivity contribution in [2.75, 3.05) is 6.61 Å². The van der Waals surface area contributed by atoms with Gasteiger partial charge in [0.1, 0.15) is 12.2 Å². The molecule has 9 N–H and O–H groups in total. The summed E-state index contributed by atoms with van der Waals surface area (Å²) in [6.45, 7) is 0.567. The summed E-state index contributed by atoms with van der Waals surface area (Å²) in [6, 6.07) is 4.79. The van der Waals surface area contributed by atoms with Crippen LogP contribution in [0.3, 0.4) is 0 Å². The first kappa shape index (κ1) is 24.5. The Balaban J connectivity index is 2.85. The van der Waals surface area contributed by atoms with Gasteiger partial charge in [-0.25, -0.2) is 0 Å². The Morgan fingerprint density at radius 3 is 2.07 bits per heavy atom. The number of nitrogens with one attached hydrogen (secondary N) is 2. The van der Waals surface area contributed by atoms with E-state index in [1.54, 1.807) is 30.3 Å². The molecule has 2 amide bonds. The highest BCUT2D eigenvalue weighted by atomic mass is 16.4. The normalized spacial score (nSPS) is 17.3. The average Bonchev–Trinajstić information content (AvgIpc) is 2.69. The minimum absolute atomic E-state index is 0.461. The number of aliphatic carboxylic acids is 1. The average molecular weight is 413 g/mol. The highest BCUT2D eigenvalue weighted by molar-refractivity contribution is 5.83. The minimum Gasteiger partial charge on any atom is -0.481 e. The van der Waals surface area contributed by atoms with Gasteiger partial charge in [-0.1, -0.05) is 30.3 Å². The van der Waals surface area contributed by atoms with Gasteiger partial charge in [0.05, 0.1) is 31.2 Å². The third kappa shape index (κ3) is 7.40. The number of hydrogen-bond donors (Lipinski definition) is 8. The lowest BCUT2D eigenvalue weighted by Crippen LogP contribution is -2.58. The molecule has 0 aliphatic carbocycles. The van der Waals surface area contributed by atoms with E-state index in [9.17, 15) is 34.8 Å². The Kier molecular flexibility index (Phi) is 9.65. The molecule has 0 aliphatic heterocycles. The summed E-state index contributed by atoms with van der Waals surface area (Å²) < 4.78 is 0. The summed E-state index contributed by atoms with van der Waals surface area (Å²) in [5.41, 5.74) is 5.83. The zero-order chi connectivity index (χ0) is 22.1. The molecule has 0 radical (unpaired) electrons. The third-order valence-corrected chi connectivity index (χ3v) is 4.19. The molecule has 1 aromatic rings. The maximum atomic E-state index is 12.3. The second kappa shape index (κ2) is 11.4. The second-order valence-corrected chi connectivity index (χ2v) is 6.58. The Morgan fingerprint density at radius 2 is 1.59 bits per heavy atom. The molecule has 162 valence electrons. The predicted octanol–water partition coefficient (Wildman–Crippen LogP) is -2.77. The lowest BCUT2D eigenvalue weighted by molar-refractivity contribution is -0.144. The van der Waals surface area contributed by atoms with Crippen LogP contribution in [0.25, 0.3) is 0 Å². The zero-order valence-corrected chi connectivity index (χ0v) is 15.8. The number of carbonyl (C=O) groups is 3. The Bertz CT molecular complexity index is 685. The standard InChI is InChI=1S/C18H27N3O8/c1-9(19)17(28)21-12(8-22)14(25)15(26)16(27)18(29)20-11(7-13(23)24)10-5-3-2-4-6-10/h2-6,9,11-12,14-16,22,25-27H,7-8,19H2,1H3,(H,20,29)(H,21,28)(H,23,24)/t9-,11-,12-,14+,15+,16-/m0/s1. The summed E-state index contributed by atoms with van der Waals surface area (Å²) in [6.07, 6.45) is -6.63. The molecular formula is C18H27N3O8.